The SMILES string of the molecule is FC(F)(F)c1cccc(Oc2ccc(Nc3ccnc(SCCC4CNCCO4)n3)cc2Cl)c1. The predicted octanol–water partition coefficient (Wildman–Crippen LogP) is 6.16. The van der Waals surface area contributed by atoms with E-state index in [1.54, 1.807) is 42.2 Å². The highest BCUT2D eigenvalue weighted by Crippen LogP contribution is 2.35. The Morgan fingerprint density at radius 1 is 1.21 bits per heavy atom. The number of nitrogens with one attached hydrogen (secondary N) is 2. The lowest BCUT2D eigenvalue weighted by atomic mass is 10.2. The third-order valence-electron chi connectivity index (χ3n) is 4.90. The monoisotopic (exact) mass is 510 g/mol. The Hall–Kier alpha value is -2.53. The maximum Gasteiger partial charge on any atom is 0.416 e. The van der Waals surface area contributed by atoms with Crippen LogP contribution in [-0.4, -0.2) is 41.5 Å². The van der Waals surface area contributed by atoms with Crippen molar-refractivity contribution in [3.63, 3.8) is 0 Å². The number of benzene rings is 2. The summed E-state index contributed by atoms with van der Waals surface area (Å²) in [4.78, 5) is 8.80. The van der Waals surface area contributed by atoms with E-state index in [2.05, 4.69) is 20.6 Å². The number of hydrogen-bond acceptors (Lipinski definition) is 7. The number of thioether (sulfide) groups is 1. The number of rotatable bonds is 8. The Kier molecular flexibility index (Phi) is 8.15. The highest BCUT2D eigenvalue weighted by Gasteiger charge is 2.30. The van der Waals surface area contributed by atoms with Crippen molar-refractivity contribution in [2.45, 2.75) is 23.9 Å². The second-order valence-electron chi connectivity index (χ2n) is 7.46. The molecule has 3 aromatic rings. The number of nitrogens with zero attached hydrogens (tertiary/aromatic N) is 2. The molecular formula is C23H22ClF3N4O2S. The van der Waals surface area contributed by atoms with Crippen molar-refractivity contribution in [1.82, 2.24) is 15.3 Å². The van der Waals surface area contributed by atoms with Crippen LogP contribution in [0.15, 0.2) is 59.9 Å². The van der Waals surface area contributed by atoms with E-state index in [4.69, 9.17) is 21.1 Å². The van der Waals surface area contributed by atoms with Gasteiger partial charge in [-0.3, -0.25) is 0 Å². The number of anilines is 2. The molecule has 1 aromatic heterocycles. The van der Waals surface area contributed by atoms with E-state index in [-0.39, 0.29) is 22.6 Å². The van der Waals surface area contributed by atoms with Gasteiger partial charge in [0, 0.05) is 30.7 Å². The molecule has 4 rings (SSSR count). The van der Waals surface area contributed by atoms with Gasteiger partial charge >= 0.3 is 6.18 Å². The van der Waals surface area contributed by atoms with Gasteiger partial charge in [0.2, 0.25) is 0 Å². The summed E-state index contributed by atoms with van der Waals surface area (Å²) in [7, 11) is 0. The fourth-order valence-electron chi connectivity index (χ4n) is 3.24. The number of morpholine rings is 1. The summed E-state index contributed by atoms with van der Waals surface area (Å²) in [6.45, 7) is 2.48. The minimum Gasteiger partial charge on any atom is -0.456 e. The molecule has 1 atom stereocenters. The zero-order valence-electron chi connectivity index (χ0n) is 17.9. The molecule has 0 bridgehead atoms. The van der Waals surface area contributed by atoms with E-state index in [0.29, 0.717) is 16.7 Å². The molecule has 2 N–H and O–H groups in total. The van der Waals surface area contributed by atoms with Crippen LogP contribution in [0.25, 0.3) is 0 Å². The average molecular weight is 511 g/mol. The van der Waals surface area contributed by atoms with Crippen molar-refractivity contribution in [2.24, 2.45) is 0 Å². The fourth-order valence-corrected chi connectivity index (χ4v) is 4.32. The first kappa shape index (κ1) is 24.6. The van der Waals surface area contributed by atoms with E-state index >= 15 is 0 Å². The predicted molar refractivity (Wildman–Crippen MR) is 126 cm³/mol. The Morgan fingerprint density at radius 3 is 2.85 bits per heavy atom. The van der Waals surface area contributed by atoms with Gasteiger partial charge in [-0.15, -0.1) is 0 Å². The largest absolute Gasteiger partial charge is 0.456 e. The third kappa shape index (κ3) is 6.99. The van der Waals surface area contributed by atoms with Crippen molar-refractivity contribution < 1.29 is 22.6 Å². The van der Waals surface area contributed by atoms with Crippen molar-refractivity contribution in [1.29, 1.82) is 0 Å². The molecule has 1 unspecified atom stereocenters. The Bertz CT molecular complexity index is 1110. The van der Waals surface area contributed by atoms with Crippen LogP contribution >= 0.6 is 23.4 Å². The first-order valence-corrected chi connectivity index (χ1v) is 11.9. The van der Waals surface area contributed by atoms with E-state index < -0.39 is 11.7 Å². The number of ether oxygens (including phenoxy) is 2. The van der Waals surface area contributed by atoms with Crippen molar-refractivity contribution >= 4 is 34.9 Å². The number of aromatic nitrogens is 2. The van der Waals surface area contributed by atoms with Gasteiger partial charge in [0.1, 0.15) is 17.3 Å². The van der Waals surface area contributed by atoms with E-state index in [9.17, 15) is 13.2 Å². The van der Waals surface area contributed by atoms with Crippen molar-refractivity contribution in [3.8, 4) is 11.5 Å². The smallest absolute Gasteiger partial charge is 0.416 e. The lowest BCUT2D eigenvalue weighted by Crippen LogP contribution is -2.38. The lowest BCUT2D eigenvalue weighted by Gasteiger charge is -2.23. The second kappa shape index (κ2) is 11.3. The van der Waals surface area contributed by atoms with Gasteiger partial charge in [0.25, 0.3) is 0 Å². The van der Waals surface area contributed by atoms with Crippen molar-refractivity contribution in [2.75, 3.05) is 30.8 Å². The topological polar surface area (TPSA) is 68.3 Å². The van der Waals surface area contributed by atoms with E-state index in [1.165, 1.54) is 12.1 Å². The fraction of sp³-hybridized carbons (Fsp3) is 0.304. The molecule has 11 heteroatoms. The van der Waals surface area contributed by atoms with Gasteiger partial charge in [-0.1, -0.05) is 29.4 Å². The van der Waals surface area contributed by atoms with Gasteiger partial charge in [-0.2, -0.15) is 13.2 Å². The molecule has 34 heavy (non-hydrogen) atoms. The summed E-state index contributed by atoms with van der Waals surface area (Å²) >= 11 is 7.86. The number of alkyl halides is 3. The maximum absolute atomic E-state index is 12.9. The zero-order chi connectivity index (χ0) is 24.0. The summed E-state index contributed by atoms with van der Waals surface area (Å²) in [5, 5.41) is 7.35. The normalized spacial score (nSPS) is 16.3. The van der Waals surface area contributed by atoms with Crippen LogP contribution in [0.3, 0.4) is 0 Å². The molecule has 0 radical (unpaired) electrons. The molecule has 6 nitrogen and oxygen atoms in total. The molecule has 0 spiro atoms. The summed E-state index contributed by atoms with van der Waals surface area (Å²) < 4.78 is 50.0. The van der Waals surface area contributed by atoms with Crippen LogP contribution in [0.2, 0.25) is 5.02 Å². The molecular weight excluding hydrogens is 489 g/mol. The number of hydrogen-bond donors (Lipinski definition) is 2. The van der Waals surface area contributed by atoms with E-state index in [0.717, 1.165) is 44.0 Å². The minimum absolute atomic E-state index is 0.0457. The summed E-state index contributed by atoms with van der Waals surface area (Å²) in [6.07, 6.45) is -1.67. The molecule has 2 aromatic carbocycles. The third-order valence-corrected chi connectivity index (χ3v) is 6.09. The molecule has 1 saturated heterocycles. The lowest BCUT2D eigenvalue weighted by molar-refractivity contribution is -0.137. The Morgan fingerprint density at radius 2 is 2.09 bits per heavy atom. The zero-order valence-corrected chi connectivity index (χ0v) is 19.5. The van der Waals surface area contributed by atoms with Gasteiger partial charge in [0.15, 0.2) is 5.16 Å². The van der Waals surface area contributed by atoms with Crippen LogP contribution in [0.5, 0.6) is 11.5 Å². The molecule has 0 aliphatic carbocycles. The summed E-state index contributed by atoms with van der Waals surface area (Å²) in [5.41, 5.74) is -0.141. The van der Waals surface area contributed by atoms with Gasteiger partial charge in [0.05, 0.1) is 23.3 Å². The Balaban J connectivity index is 1.35. The average Bonchev–Trinajstić information content (AvgIpc) is 2.82. The van der Waals surface area contributed by atoms with Gasteiger partial charge < -0.3 is 20.1 Å². The van der Waals surface area contributed by atoms with Crippen LogP contribution in [0.1, 0.15) is 12.0 Å². The molecule has 0 saturated carbocycles. The molecule has 180 valence electrons. The molecule has 2 heterocycles. The van der Waals surface area contributed by atoms with Gasteiger partial charge in [-0.25, -0.2) is 9.97 Å². The highest BCUT2D eigenvalue weighted by atomic mass is 35.5. The number of halogens is 4. The van der Waals surface area contributed by atoms with Crippen molar-refractivity contribution in [3.05, 3.63) is 65.3 Å². The van der Waals surface area contributed by atoms with E-state index in [1.807, 2.05) is 0 Å². The minimum atomic E-state index is -4.45. The molecule has 0 amide bonds. The summed E-state index contributed by atoms with van der Waals surface area (Å²) in [5.74, 6) is 1.72. The van der Waals surface area contributed by atoms with Crippen LogP contribution < -0.4 is 15.4 Å². The molecule has 1 fully saturated rings. The quantitative estimate of drug-likeness (QED) is 0.278. The maximum atomic E-state index is 12.9. The Labute approximate surface area is 204 Å². The molecule has 1 aliphatic heterocycles. The molecule has 1 aliphatic rings. The van der Waals surface area contributed by atoms with Crippen LogP contribution in [0, 0.1) is 0 Å². The second-order valence-corrected chi connectivity index (χ2v) is 8.93. The standard InChI is InChI=1S/C23H22ClF3N4O2S/c24-19-13-16(4-5-20(19)33-17-3-1-2-15(12-17)23(25,26)27)30-21-6-8-29-22(31-21)34-11-7-18-14-28-9-10-32-18/h1-6,8,12-13,18,28H,7,9-11,14H2,(H,29,30,31). The first-order valence-electron chi connectivity index (χ1n) is 10.6. The van der Waals surface area contributed by atoms with Gasteiger partial charge in [-0.05, 0) is 48.9 Å². The first-order chi connectivity index (χ1) is 16.4. The summed E-state index contributed by atoms with van der Waals surface area (Å²) in [6, 6.07) is 11.3. The highest BCUT2D eigenvalue weighted by molar-refractivity contribution is 7.99. The van der Waals surface area contributed by atoms with Crippen LogP contribution in [-0.2, 0) is 10.9 Å². The van der Waals surface area contributed by atoms with Crippen LogP contribution in [0.4, 0.5) is 24.7 Å².